The van der Waals surface area contributed by atoms with E-state index in [2.05, 4.69) is 54.5 Å². The van der Waals surface area contributed by atoms with E-state index < -0.39 is 0 Å². The fourth-order valence-corrected chi connectivity index (χ4v) is 1.70. The summed E-state index contributed by atoms with van der Waals surface area (Å²) in [5.41, 5.74) is 1.56. The van der Waals surface area contributed by atoms with Gasteiger partial charge in [0, 0.05) is 10.8 Å². The fourth-order valence-electron chi connectivity index (χ4n) is 1.70. The third kappa shape index (κ3) is 2.64. The first-order chi connectivity index (χ1) is 6.66. The quantitative estimate of drug-likeness (QED) is 0.665. The molecule has 0 radical (unpaired) electrons. The fraction of sp³-hybridized carbons (Fsp3) is 0.714. The van der Waals surface area contributed by atoms with Crippen molar-refractivity contribution in [2.45, 2.75) is 65.7 Å². The highest BCUT2D eigenvalue weighted by atomic mass is 16.3. The van der Waals surface area contributed by atoms with Gasteiger partial charge in [0.15, 0.2) is 0 Å². The first-order valence-corrected chi connectivity index (χ1v) is 5.80. The topological polar surface area (TPSA) is 13.1 Å². The Morgan fingerprint density at radius 3 is 1.80 bits per heavy atom. The van der Waals surface area contributed by atoms with Crippen molar-refractivity contribution < 1.29 is 4.42 Å². The lowest BCUT2D eigenvalue weighted by molar-refractivity contribution is 0.341. The number of rotatable bonds is 1. The molecule has 1 nitrogen and oxygen atoms in total. The molecule has 86 valence electrons. The molecule has 0 saturated carbocycles. The van der Waals surface area contributed by atoms with E-state index in [1.807, 2.05) is 0 Å². The van der Waals surface area contributed by atoms with Crippen LogP contribution in [0.4, 0.5) is 0 Å². The van der Waals surface area contributed by atoms with Crippen LogP contribution < -0.4 is 0 Å². The Kier molecular flexibility index (Phi) is 3.04. The highest BCUT2D eigenvalue weighted by molar-refractivity contribution is 5.29. The Balaban J connectivity index is 3.24. The van der Waals surface area contributed by atoms with E-state index in [0.29, 0.717) is 0 Å². The molecule has 0 amide bonds. The molecular formula is C14H24O. The van der Waals surface area contributed by atoms with Crippen molar-refractivity contribution in [1.29, 1.82) is 0 Å². The van der Waals surface area contributed by atoms with Crippen LogP contribution in [0.15, 0.2) is 10.5 Å². The summed E-state index contributed by atoms with van der Waals surface area (Å²) in [5, 5.41) is 0. The molecule has 0 atom stereocenters. The molecule has 15 heavy (non-hydrogen) atoms. The summed E-state index contributed by atoms with van der Waals surface area (Å²) in [5.74, 6) is 2.25. The van der Waals surface area contributed by atoms with Crippen molar-refractivity contribution in [3.8, 4) is 0 Å². The van der Waals surface area contributed by atoms with Crippen molar-refractivity contribution in [3.63, 3.8) is 0 Å². The van der Waals surface area contributed by atoms with Crippen LogP contribution in [0.2, 0.25) is 0 Å². The lowest BCUT2D eigenvalue weighted by Gasteiger charge is -2.18. The third-order valence-electron chi connectivity index (χ3n) is 2.61. The molecule has 1 aromatic rings. The van der Waals surface area contributed by atoms with Crippen LogP contribution in [0, 0.1) is 0 Å². The average molecular weight is 208 g/mol. The SMILES string of the molecule is CCc1cc(C(C)(C)C)oc1C(C)(C)C. The van der Waals surface area contributed by atoms with Crippen molar-refractivity contribution >= 4 is 0 Å². The Morgan fingerprint density at radius 1 is 1.00 bits per heavy atom. The number of furan rings is 1. The predicted octanol–water partition coefficient (Wildman–Crippen LogP) is 4.44. The third-order valence-corrected chi connectivity index (χ3v) is 2.61. The monoisotopic (exact) mass is 208 g/mol. The number of aryl methyl sites for hydroxylation is 1. The van der Waals surface area contributed by atoms with Gasteiger partial charge in [0.25, 0.3) is 0 Å². The predicted molar refractivity (Wildman–Crippen MR) is 65.5 cm³/mol. The molecule has 1 heterocycles. The van der Waals surface area contributed by atoms with Gasteiger partial charge in [-0.2, -0.15) is 0 Å². The standard InChI is InChI=1S/C14H24O/c1-8-10-9-11(13(2,3)4)15-12(10)14(5,6)7/h9H,8H2,1-7H3. The molecule has 0 bridgehead atoms. The minimum Gasteiger partial charge on any atom is -0.465 e. The Hall–Kier alpha value is -0.720. The molecule has 0 aliphatic heterocycles. The highest BCUT2D eigenvalue weighted by Gasteiger charge is 2.26. The molecule has 0 aliphatic carbocycles. The van der Waals surface area contributed by atoms with Crippen LogP contribution in [0.1, 0.15) is 65.6 Å². The Morgan fingerprint density at radius 2 is 1.53 bits per heavy atom. The van der Waals surface area contributed by atoms with E-state index in [-0.39, 0.29) is 10.8 Å². The van der Waals surface area contributed by atoms with E-state index >= 15 is 0 Å². The van der Waals surface area contributed by atoms with Gasteiger partial charge >= 0.3 is 0 Å². The maximum atomic E-state index is 6.03. The van der Waals surface area contributed by atoms with Gasteiger partial charge in [0.2, 0.25) is 0 Å². The summed E-state index contributed by atoms with van der Waals surface area (Å²) in [7, 11) is 0. The van der Waals surface area contributed by atoms with Crippen molar-refractivity contribution in [2.75, 3.05) is 0 Å². The summed E-state index contributed by atoms with van der Waals surface area (Å²) < 4.78 is 6.03. The van der Waals surface area contributed by atoms with Gasteiger partial charge in [-0.3, -0.25) is 0 Å². The summed E-state index contributed by atoms with van der Waals surface area (Å²) in [4.78, 5) is 0. The first-order valence-electron chi connectivity index (χ1n) is 5.80. The number of hydrogen-bond acceptors (Lipinski definition) is 1. The van der Waals surface area contributed by atoms with Crippen LogP contribution in [0.3, 0.4) is 0 Å². The summed E-state index contributed by atoms with van der Waals surface area (Å²) in [6.45, 7) is 15.4. The van der Waals surface area contributed by atoms with Crippen LogP contribution in [0.25, 0.3) is 0 Å². The van der Waals surface area contributed by atoms with Crippen LogP contribution in [0.5, 0.6) is 0 Å². The van der Waals surface area contributed by atoms with Crippen LogP contribution in [-0.2, 0) is 17.3 Å². The minimum absolute atomic E-state index is 0.105. The van der Waals surface area contributed by atoms with Gasteiger partial charge < -0.3 is 4.42 Å². The van der Waals surface area contributed by atoms with Gasteiger partial charge in [-0.15, -0.1) is 0 Å². The van der Waals surface area contributed by atoms with Gasteiger partial charge in [0.05, 0.1) is 0 Å². The van der Waals surface area contributed by atoms with Gasteiger partial charge in [-0.1, -0.05) is 48.5 Å². The zero-order valence-electron chi connectivity index (χ0n) is 11.2. The van der Waals surface area contributed by atoms with E-state index in [4.69, 9.17) is 4.42 Å². The lowest BCUT2D eigenvalue weighted by atomic mass is 9.89. The van der Waals surface area contributed by atoms with Crippen molar-refractivity contribution in [1.82, 2.24) is 0 Å². The second kappa shape index (κ2) is 3.70. The van der Waals surface area contributed by atoms with Crippen LogP contribution in [-0.4, -0.2) is 0 Å². The van der Waals surface area contributed by atoms with E-state index in [0.717, 1.165) is 17.9 Å². The van der Waals surface area contributed by atoms with E-state index in [9.17, 15) is 0 Å². The Bertz CT molecular complexity index is 331. The Labute approximate surface area is 93.9 Å². The molecule has 0 saturated heterocycles. The summed E-state index contributed by atoms with van der Waals surface area (Å²) >= 11 is 0. The molecule has 0 fully saturated rings. The van der Waals surface area contributed by atoms with Crippen molar-refractivity contribution in [2.24, 2.45) is 0 Å². The largest absolute Gasteiger partial charge is 0.465 e. The average Bonchev–Trinajstić information content (AvgIpc) is 2.44. The smallest absolute Gasteiger partial charge is 0.112 e. The summed E-state index contributed by atoms with van der Waals surface area (Å²) in [6.07, 6.45) is 1.05. The van der Waals surface area contributed by atoms with Crippen molar-refractivity contribution in [3.05, 3.63) is 23.2 Å². The van der Waals surface area contributed by atoms with Gasteiger partial charge in [0.1, 0.15) is 11.5 Å². The molecule has 0 spiro atoms. The summed E-state index contributed by atoms with van der Waals surface area (Å²) in [6, 6.07) is 2.22. The van der Waals surface area contributed by atoms with E-state index in [1.165, 1.54) is 5.56 Å². The second-order valence-electron chi connectivity index (χ2n) is 6.32. The minimum atomic E-state index is 0.105. The highest BCUT2D eigenvalue weighted by Crippen LogP contribution is 2.34. The molecule has 1 heteroatoms. The normalized spacial score (nSPS) is 13.3. The van der Waals surface area contributed by atoms with Gasteiger partial charge in [-0.25, -0.2) is 0 Å². The molecule has 1 rings (SSSR count). The molecule has 0 unspecified atom stereocenters. The molecule has 0 N–H and O–H groups in total. The molecule has 0 aliphatic rings. The molecule has 1 aromatic heterocycles. The zero-order valence-corrected chi connectivity index (χ0v) is 11.2. The lowest BCUT2D eigenvalue weighted by Crippen LogP contribution is -2.12. The van der Waals surface area contributed by atoms with E-state index in [1.54, 1.807) is 0 Å². The first kappa shape index (κ1) is 12.4. The zero-order chi connectivity index (χ0) is 11.9. The number of hydrogen-bond donors (Lipinski definition) is 0. The van der Waals surface area contributed by atoms with Crippen LogP contribution >= 0.6 is 0 Å². The maximum absolute atomic E-state index is 6.03. The maximum Gasteiger partial charge on any atom is 0.112 e. The second-order valence-corrected chi connectivity index (χ2v) is 6.32. The molecular weight excluding hydrogens is 184 g/mol. The molecule has 0 aromatic carbocycles. The van der Waals surface area contributed by atoms with Gasteiger partial charge in [-0.05, 0) is 18.1 Å².